The fourth-order valence-corrected chi connectivity index (χ4v) is 1.47. The van der Waals surface area contributed by atoms with Crippen molar-refractivity contribution in [2.75, 3.05) is 33.0 Å². The molecule has 0 unspecified atom stereocenters. The number of aliphatic hydroxyl groups is 2. The maximum absolute atomic E-state index is 8.69. The zero-order valence-corrected chi connectivity index (χ0v) is 11.6. The van der Waals surface area contributed by atoms with E-state index in [0.29, 0.717) is 26.1 Å². The van der Waals surface area contributed by atoms with E-state index in [1.165, 1.54) is 30.9 Å². The van der Waals surface area contributed by atoms with E-state index in [-0.39, 0.29) is 13.2 Å². The Morgan fingerprint density at radius 1 is 0.778 bits per heavy atom. The quantitative estimate of drug-likeness (QED) is 0.370. The van der Waals surface area contributed by atoms with Crippen LogP contribution in [0, 0.1) is 0 Å². The SMILES string of the molecule is CCCCCCCN(OCCCO)OCCCO. The largest absolute Gasteiger partial charge is 0.396 e. The van der Waals surface area contributed by atoms with E-state index in [1.54, 1.807) is 0 Å². The summed E-state index contributed by atoms with van der Waals surface area (Å²) in [4.78, 5) is 10.8. The number of rotatable bonds is 14. The highest BCUT2D eigenvalue weighted by atomic mass is 16.9. The predicted molar refractivity (Wildman–Crippen MR) is 70.8 cm³/mol. The zero-order chi connectivity index (χ0) is 13.5. The molecule has 0 aliphatic heterocycles. The van der Waals surface area contributed by atoms with E-state index in [1.807, 2.05) is 0 Å². The number of hydrogen-bond acceptors (Lipinski definition) is 5. The molecule has 0 bridgehead atoms. The van der Waals surface area contributed by atoms with Crippen molar-refractivity contribution in [1.29, 1.82) is 0 Å². The van der Waals surface area contributed by atoms with Crippen molar-refractivity contribution in [2.45, 2.75) is 51.9 Å². The van der Waals surface area contributed by atoms with Gasteiger partial charge in [0.15, 0.2) is 0 Å². The van der Waals surface area contributed by atoms with Gasteiger partial charge in [-0.2, -0.15) is 0 Å². The molecule has 0 aromatic carbocycles. The highest BCUT2D eigenvalue weighted by Gasteiger charge is 2.05. The third kappa shape index (κ3) is 12.3. The molecule has 0 aliphatic carbocycles. The van der Waals surface area contributed by atoms with Crippen molar-refractivity contribution < 1.29 is 19.9 Å². The smallest absolute Gasteiger partial charge is 0.0733 e. The van der Waals surface area contributed by atoms with Crippen molar-refractivity contribution in [3.05, 3.63) is 0 Å². The first kappa shape index (κ1) is 17.8. The van der Waals surface area contributed by atoms with E-state index in [4.69, 9.17) is 19.9 Å². The van der Waals surface area contributed by atoms with Gasteiger partial charge in [-0.05, 0) is 19.3 Å². The van der Waals surface area contributed by atoms with E-state index in [2.05, 4.69) is 6.92 Å². The number of hydroxylamine groups is 2. The van der Waals surface area contributed by atoms with Gasteiger partial charge in [-0.15, -0.1) is 0 Å². The molecule has 0 heterocycles. The molecule has 5 heteroatoms. The Bertz CT molecular complexity index is 148. The summed E-state index contributed by atoms with van der Waals surface area (Å²) < 4.78 is 0. The summed E-state index contributed by atoms with van der Waals surface area (Å²) >= 11 is 0. The standard InChI is InChI=1S/C13H29NO4/c1-2-3-4-5-6-9-14(17-12-7-10-15)18-13-8-11-16/h15-16H,2-13H2,1H3. The lowest BCUT2D eigenvalue weighted by Crippen LogP contribution is -2.27. The number of hydrogen-bond donors (Lipinski definition) is 2. The number of unbranched alkanes of at least 4 members (excludes halogenated alkanes) is 4. The summed E-state index contributed by atoms with van der Waals surface area (Å²) in [6.45, 7) is 4.11. The minimum Gasteiger partial charge on any atom is -0.396 e. The molecule has 0 aromatic rings. The first-order valence-corrected chi connectivity index (χ1v) is 7.10. The third-order valence-corrected chi connectivity index (χ3v) is 2.52. The van der Waals surface area contributed by atoms with Crippen LogP contribution < -0.4 is 0 Å². The Labute approximate surface area is 111 Å². The second-order valence-electron chi connectivity index (χ2n) is 4.29. The van der Waals surface area contributed by atoms with Crippen LogP contribution in [-0.2, 0) is 9.68 Å². The molecular formula is C13H29NO4. The van der Waals surface area contributed by atoms with E-state index in [0.717, 1.165) is 13.0 Å². The van der Waals surface area contributed by atoms with Gasteiger partial charge in [0.25, 0.3) is 0 Å². The summed E-state index contributed by atoms with van der Waals surface area (Å²) in [5, 5.41) is 18.9. The normalized spacial score (nSPS) is 11.3. The van der Waals surface area contributed by atoms with Crippen LogP contribution in [0.5, 0.6) is 0 Å². The maximum Gasteiger partial charge on any atom is 0.0733 e. The second-order valence-corrected chi connectivity index (χ2v) is 4.29. The molecule has 18 heavy (non-hydrogen) atoms. The second kappa shape index (κ2) is 14.9. The predicted octanol–water partition coefficient (Wildman–Crippen LogP) is 1.89. The van der Waals surface area contributed by atoms with Crippen molar-refractivity contribution in [3.63, 3.8) is 0 Å². The molecule has 5 nitrogen and oxygen atoms in total. The van der Waals surface area contributed by atoms with Crippen molar-refractivity contribution >= 4 is 0 Å². The minimum atomic E-state index is 0.126. The van der Waals surface area contributed by atoms with Crippen LogP contribution in [0.15, 0.2) is 0 Å². The summed E-state index contributed by atoms with van der Waals surface area (Å²) in [5.41, 5.74) is 0. The Morgan fingerprint density at radius 2 is 1.33 bits per heavy atom. The fourth-order valence-electron chi connectivity index (χ4n) is 1.47. The van der Waals surface area contributed by atoms with Crippen LogP contribution in [0.2, 0.25) is 0 Å². The van der Waals surface area contributed by atoms with Crippen LogP contribution >= 0.6 is 0 Å². The lowest BCUT2D eigenvalue weighted by molar-refractivity contribution is -0.369. The van der Waals surface area contributed by atoms with Crippen LogP contribution in [0.25, 0.3) is 0 Å². The first-order valence-electron chi connectivity index (χ1n) is 7.10. The molecule has 0 saturated heterocycles. The van der Waals surface area contributed by atoms with Crippen molar-refractivity contribution in [3.8, 4) is 0 Å². The molecule has 0 saturated carbocycles. The van der Waals surface area contributed by atoms with Gasteiger partial charge in [0.05, 0.1) is 19.8 Å². The van der Waals surface area contributed by atoms with Crippen molar-refractivity contribution in [2.24, 2.45) is 0 Å². The molecule has 110 valence electrons. The number of nitrogens with zero attached hydrogens (tertiary/aromatic N) is 1. The van der Waals surface area contributed by atoms with Gasteiger partial charge in [-0.1, -0.05) is 37.8 Å². The Balaban J connectivity index is 3.60. The molecule has 0 rings (SSSR count). The molecule has 0 fully saturated rings. The monoisotopic (exact) mass is 263 g/mol. The molecule has 0 radical (unpaired) electrons. The molecule has 2 N–H and O–H groups in total. The fraction of sp³-hybridized carbons (Fsp3) is 1.00. The Hall–Kier alpha value is -0.200. The van der Waals surface area contributed by atoms with Gasteiger partial charge in [0.2, 0.25) is 0 Å². The van der Waals surface area contributed by atoms with Gasteiger partial charge in [0, 0.05) is 13.2 Å². The zero-order valence-electron chi connectivity index (χ0n) is 11.6. The lowest BCUT2D eigenvalue weighted by atomic mass is 10.2. The van der Waals surface area contributed by atoms with Crippen LogP contribution in [0.1, 0.15) is 51.9 Å². The summed E-state index contributed by atoms with van der Waals surface area (Å²) in [5.74, 6) is 0. The minimum absolute atomic E-state index is 0.126. The number of aliphatic hydroxyl groups excluding tert-OH is 2. The Morgan fingerprint density at radius 3 is 1.83 bits per heavy atom. The highest BCUT2D eigenvalue weighted by Crippen LogP contribution is 2.05. The molecule has 0 aliphatic rings. The van der Waals surface area contributed by atoms with E-state index in [9.17, 15) is 0 Å². The maximum atomic E-state index is 8.69. The van der Waals surface area contributed by atoms with Gasteiger partial charge < -0.3 is 10.2 Å². The molecular weight excluding hydrogens is 234 g/mol. The topological polar surface area (TPSA) is 62.2 Å². The lowest BCUT2D eigenvalue weighted by Gasteiger charge is -2.20. The summed E-state index contributed by atoms with van der Waals surface area (Å²) in [6, 6.07) is 0. The van der Waals surface area contributed by atoms with Crippen molar-refractivity contribution in [1.82, 2.24) is 5.23 Å². The van der Waals surface area contributed by atoms with Crippen LogP contribution in [0.4, 0.5) is 0 Å². The van der Waals surface area contributed by atoms with Crippen LogP contribution in [0.3, 0.4) is 0 Å². The third-order valence-electron chi connectivity index (χ3n) is 2.52. The van der Waals surface area contributed by atoms with E-state index < -0.39 is 0 Å². The molecule has 0 spiro atoms. The van der Waals surface area contributed by atoms with E-state index >= 15 is 0 Å². The van der Waals surface area contributed by atoms with Gasteiger partial charge in [-0.25, -0.2) is 0 Å². The Kier molecular flexibility index (Phi) is 14.7. The average Bonchev–Trinajstić information content (AvgIpc) is 2.38. The van der Waals surface area contributed by atoms with Gasteiger partial charge >= 0.3 is 0 Å². The highest BCUT2D eigenvalue weighted by molar-refractivity contribution is 4.44. The summed E-state index contributed by atoms with van der Waals surface area (Å²) in [6.07, 6.45) is 7.19. The van der Waals surface area contributed by atoms with Crippen LogP contribution in [-0.4, -0.2) is 48.4 Å². The van der Waals surface area contributed by atoms with Gasteiger partial charge in [0.1, 0.15) is 0 Å². The molecule has 0 aromatic heterocycles. The van der Waals surface area contributed by atoms with Gasteiger partial charge in [-0.3, -0.25) is 9.68 Å². The molecule has 0 atom stereocenters. The summed E-state index contributed by atoms with van der Waals surface area (Å²) in [7, 11) is 0. The molecule has 0 amide bonds. The average molecular weight is 263 g/mol. The first-order chi connectivity index (χ1) is 8.85.